The van der Waals surface area contributed by atoms with Crippen LogP contribution >= 0.6 is 11.6 Å². The molecule has 0 atom stereocenters. The van der Waals surface area contributed by atoms with Crippen molar-refractivity contribution in [1.29, 1.82) is 0 Å². The molecule has 5 nitrogen and oxygen atoms in total. The van der Waals surface area contributed by atoms with E-state index in [-0.39, 0.29) is 13.1 Å². The van der Waals surface area contributed by atoms with Crippen LogP contribution in [0.4, 0.5) is 13.2 Å². The van der Waals surface area contributed by atoms with E-state index in [4.69, 9.17) is 16.3 Å². The lowest BCUT2D eigenvalue weighted by Crippen LogP contribution is -2.34. The van der Waals surface area contributed by atoms with E-state index in [9.17, 15) is 21.6 Å². The maximum Gasteiger partial charge on any atom is 0.417 e. The third kappa shape index (κ3) is 5.40. The van der Waals surface area contributed by atoms with E-state index in [1.165, 1.54) is 7.11 Å². The van der Waals surface area contributed by atoms with Gasteiger partial charge in [0.2, 0.25) is 10.0 Å². The van der Waals surface area contributed by atoms with E-state index in [2.05, 4.69) is 10.0 Å². The predicted molar refractivity (Wildman–Crippen MR) is 76.4 cm³/mol. The van der Waals surface area contributed by atoms with Gasteiger partial charge in [0.05, 0.1) is 17.2 Å². The fourth-order valence-corrected chi connectivity index (χ4v) is 3.44. The summed E-state index contributed by atoms with van der Waals surface area (Å²) >= 11 is 5.65. The number of rotatable bonds is 8. The molecule has 0 unspecified atom stereocenters. The molecule has 1 aromatic carbocycles. The summed E-state index contributed by atoms with van der Waals surface area (Å²) in [6.45, 7) is 1.11. The third-order valence-corrected chi connectivity index (χ3v) is 4.61. The first kappa shape index (κ1) is 19.2. The Hall–Kier alpha value is -0.870. The van der Waals surface area contributed by atoms with Crippen molar-refractivity contribution < 1.29 is 26.3 Å². The number of hydrogen-bond acceptors (Lipinski definition) is 4. The van der Waals surface area contributed by atoms with Crippen LogP contribution in [0.15, 0.2) is 23.1 Å². The summed E-state index contributed by atoms with van der Waals surface area (Å²) in [5, 5.41) is 2.39. The molecule has 1 aromatic rings. The lowest BCUT2D eigenvalue weighted by Gasteiger charge is -2.15. The summed E-state index contributed by atoms with van der Waals surface area (Å²) in [7, 11) is -2.86. The van der Waals surface area contributed by atoms with Gasteiger partial charge in [0.25, 0.3) is 0 Å². The predicted octanol–water partition coefficient (Wildman–Crippen LogP) is 1.87. The molecule has 0 spiro atoms. The van der Waals surface area contributed by atoms with E-state index >= 15 is 0 Å². The molecule has 0 saturated heterocycles. The van der Waals surface area contributed by atoms with E-state index in [1.54, 1.807) is 0 Å². The molecule has 0 amide bonds. The molecule has 0 bridgehead atoms. The van der Waals surface area contributed by atoms with Crippen LogP contribution in [-0.4, -0.2) is 41.8 Å². The number of ether oxygens (including phenoxy) is 1. The molecule has 0 aliphatic carbocycles. The summed E-state index contributed by atoms with van der Waals surface area (Å²) in [6.07, 6.45) is -4.81. The Bertz CT molecular complexity index is 594. The Balaban J connectivity index is 2.85. The van der Waals surface area contributed by atoms with Crippen molar-refractivity contribution in [2.45, 2.75) is 11.1 Å². The molecule has 0 aliphatic heterocycles. The molecule has 0 heterocycles. The first-order valence-electron chi connectivity index (χ1n) is 6.25. The SMILES string of the molecule is COCCNCCNS(=O)(=O)c1c(Cl)cccc1C(F)(F)F. The number of hydrogen-bond donors (Lipinski definition) is 2. The first-order chi connectivity index (χ1) is 10.2. The Morgan fingerprint density at radius 3 is 2.50 bits per heavy atom. The molecule has 1 rings (SSSR count). The van der Waals surface area contributed by atoms with E-state index in [0.717, 1.165) is 12.1 Å². The Morgan fingerprint density at radius 1 is 1.23 bits per heavy atom. The van der Waals surface area contributed by atoms with Gasteiger partial charge in [-0.25, -0.2) is 13.1 Å². The summed E-state index contributed by atoms with van der Waals surface area (Å²) in [5.74, 6) is 0. The minimum Gasteiger partial charge on any atom is -0.383 e. The van der Waals surface area contributed by atoms with Crippen molar-refractivity contribution in [2.75, 3.05) is 33.4 Å². The molecule has 0 saturated carbocycles. The first-order valence-corrected chi connectivity index (χ1v) is 8.11. The highest BCUT2D eigenvalue weighted by molar-refractivity contribution is 7.89. The number of methoxy groups -OCH3 is 1. The molecule has 126 valence electrons. The minimum absolute atomic E-state index is 0.0748. The Morgan fingerprint density at radius 2 is 1.91 bits per heavy atom. The van der Waals surface area contributed by atoms with Gasteiger partial charge in [-0.2, -0.15) is 13.2 Å². The molecule has 0 aliphatic rings. The second-order valence-electron chi connectivity index (χ2n) is 4.25. The average Bonchev–Trinajstić information content (AvgIpc) is 2.41. The van der Waals surface area contributed by atoms with Crippen LogP contribution in [0.2, 0.25) is 5.02 Å². The highest BCUT2D eigenvalue weighted by atomic mass is 35.5. The van der Waals surface area contributed by atoms with Gasteiger partial charge in [0, 0.05) is 26.7 Å². The number of benzene rings is 1. The van der Waals surface area contributed by atoms with Crippen LogP contribution in [0.25, 0.3) is 0 Å². The number of sulfonamides is 1. The molecular formula is C12H16ClF3N2O3S. The van der Waals surface area contributed by atoms with Crippen LogP contribution in [0.3, 0.4) is 0 Å². The average molecular weight is 361 g/mol. The summed E-state index contributed by atoms with van der Waals surface area (Å²) < 4.78 is 69.7. The van der Waals surface area contributed by atoms with Gasteiger partial charge in [0.1, 0.15) is 4.90 Å². The molecule has 0 aromatic heterocycles. The fourth-order valence-electron chi connectivity index (χ4n) is 1.65. The van der Waals surface area contributed by atoms with Crippen LogP contribution < -0.4 is 10.0 Å². The van der Waals surface area contributed by atoms with Gasteiger partial charge in [-0.3, -0.25) is 0 Å². The van der Waals surface area contributed by atoms with Crippen LogP contribution in [0, 0.1) is 0 Å². The molecule has 0 radical (unpaired) electrons. The molecular weight excluding hydrogens is 345 g/mol. The van der Waals surface area contributed by atoms with Crippen LogP contribution in [0.5, 0.6) is 0 Å². The monoisotopic (exact) mass is 360 g/mol. The zero-order valence-corrected chi connectivity index (χ0v) is 13.3. The zero-order valence-electron chi connectivity index (χ0n) is 11.7. The van der Waals surface area contributed by atoms with Crippen molar-refractivity contribution in [3.8, 4) is 0 Å². The van der Waals surface area contributed by atoms with Crippen molar-refractivity contribution in [3.05, 3.63) is 28.8 Å². The van der Waals surface area contributed by atoms with Crippen molar-refractivity contribution >= 4 is 21.6 Å². The third-order valence-electron chi connectivity index (χ3n) is 2.62. The second kappa shape index (κ2) is 8.11. The largest absolute Gasteiger partial charge is 0.417 e. The number of alkyl halides is 3. The van der Waals surface area contributed by atoms with Gasteiger partial charge in [-0.05, 0) is 12.1 Å². The summed E-state index contributed by atoms with van der Waals surface area (Å²) in [5.41, 5.74) is -1.29. The topological polar surface area (TPSA) is 67.4 Å². The van der Waals surface area contributed by atoms with Crippen molar-refractivity contribution in [1.82, 2.24) is 10.0 Å². The standard InChI is InChI=1S/C12H16ClF3N2O3S/c1-21-8-7-17-5-6-18-22(19,20)11-9(12(14,15)16)3-2-4-10(11)13/h2-4,17-18H,5-8H2,1H3. The van der Waals surface area contributed by atoms with Gasteiger partial charge in [0.15, 0.2) is 0 Å². The van der Waals surface area contributed by atoms with E-state index in [0.29, 0.717) is 19.2 Å². The molecule has 22 heavy (non-hydrogen) atoms. The van der Waals surface area contributed by atoms with Crippen molar-refractivity contribution in [3.63, 3.8) is 0 Å². The second-order valence-corrected chi connectivity index (χ2v) is 6.37. The highest BCUT2D eigenvalue weighted by Gasteiger charge is 2.38. The minimum atomic E-state index is -4.81. The number of nitrogens with one attached hydrogen (secondary N) is 2. The quantitative estimate of drug-likeness (QED) is 0.695. The normalized spacial score (nSPS) is 12.6. The number of halogens is 4. The fraction of sp³-hybridized carbons (Fsp3) is 0.500. The Kier molecular flexibility index (Phi) is 7.07. The summed E-state index contributed by atoms with van der Waals surface area (Å²) in [6, 6.07) is 2.83. The molecule has 0 fully saturated rings. The summed E-state index contributed by atoms with van der Waals surface area (Å²) in [4.78, 5) is -0.957. The maximum atomic E-state index is 12.9. The van der Waals surface area contributed by atoms with Gasteiger partial charge >= 0.3 is 6.18 Å². The van der Waals surface area contributed by atoms with Crippen LogP contribution in [0.1, 0.15) is 5.56 Å². The maximum absolute atomic E-state index is 12.9. The lowest BCUT2D eigenvalue weighted by molar-refractivity contribution is -0.139. The molecule has 2 N–H and O–H groups in total. The highest BCUT2D eigenvalue weighted by Crippen LogP contribution is 2.37. The van der Waals surface area contributed by atoms with E-state index < -0.39 is 31.7 Å². The van der Waals surface area contributed by atoms with Gasteiger partial charge in [-0.1, -0.05) is 17.7 Å². The van der Waals surface area contributed by atoms with Gasteiger partial charge < -0.3 is 10.1 Å². The molecule has 10 heteroatoms. The Labute approximate surface area is 131 Å². The zero-order chi connectivity index (χ0) is 16.8. The van der Waals surface area contributed by atoms with E-state index in [1.807, 2.05) is 0 Å². The smallest absolute Gasteiger partial charge is 0.383 e. The lowest BCUT2D eigenvalue weighted by atomic mass is 10.2. The van der Waals surface area contributed by atoms with Crippen LogP contribution in [-0.2, 0) is 20.9 Å². The van der Waals surface area contributed by atoms with Crippen molar-refractivity contribution in [2.24, 2.45) is 0 Å². The van der Waals surface area contributed by atoms with Gasteiger partial charge in [-0.15, -0.1) is 0 Å².